The molecule has 0 saturated carbocycles. The number of hydrogen-bond donors (Lipinski definition) is 1. The number of para-hydroxylation sites is 1. The Morgan fingerprint density at radius 1 is 1.13 bits per heavy atom. The molecule has 1 aliphatic heterocycles. The molecule has 1 saturated heterocycles. The second-order valence-corrected chi connectivity index (χ2v) is 10.3. The van der Waals surface area contributed by atoms with Crippen LogP contribution in [0, 0.1) is 0 Å². The van der Waals surface area contributed by atoms with Gasteiger partial charge in [0.2, 0.25) is 15.0 Å². The van der Waals surface area contributed by atoms with Crippen molar-refractivity contribution in [2.75, 3.05) is 18.4 Å². The Morgan fingerprint density at radius 2 is 1.87 bits per heavy atom. The van der Waals surface area contributed by atoms with Crippen molar-refractivity contribution in [2.45, 2.75) is 37.0 Å². The lowest BCUT2D eigenvalue weighted by Gasteiger charge is -2.31. The lowest BCUT2D eigenvalue weighted by molar-refractivity contribution is 0.102. The highest BCUT2D eigenvalue weighted by Crippen LogP contribution is 2.32. The summed E-state index contributed by atoms with van der Waals surface area (Å²) >= 11 is 1.23. The van der Waals surface area contributed by atoms with Crippen molar-refractivity contribution in [1.29, 1.82) is 0 Å². The van der Waals surface area contributed by atoms with Crippen LogP contribution in [-0.4, -0.2) is 41.9 Å². The van der Waals surface area contributed by atoms with Crippen molar-refractivity contribution >= 4 is 33.0 Å². The molecule has 1 aromatic heterocycles. The lowest BCUT2D eigenvalue weighted by atomic mass is 10.0. The number of aromatic nitrogens is 2. The highest BCUT2D eigenvalue weighted by molar-refractivity contribution is 7.89. The van der Waals surface area contributed by atoms with Gasteiger partial charge in [-0.1, -0.05) is 54.7 Å². The van der Waals surface area contributed by atoms with Crippen molar-refractivity contribution in [1.82, 2.24) is 14.5 Å². The van der Waals surface area contributed by atoms with E-state index < -0.39 is 10.0 Å². The van der Waals surface area contributed by atoms with Gasteiger partial charge in [0.05, 0.1) is 4.90 Å². The molecule has 162 valence electrons. The van der Waals surface area contributed by atoms with E-state index in [-0.39, 0.29) is 16.8 Å². The average Bonchev–Trinajstić information content (AvgIpc) is 3.30. The second kappa shape index (κ2) is 9.25. The van der Waals surface area contributed by atoms with Crippen molar-refractivity contribution in [2.24, 2.45) is 0 Å². The maximum Gasteiger partial charge on any atom is 0.286 e. The number of nitrogens with zero attached hydrogens (tertiary/aromatic N) is 3. The molecule has 2 aromatic carbocycles. The Hall–Kier alpha value is -2.62. The first-order valence-corrected chi connectivity index (χ1v) is 12.5. The van der Waals surface area contributed by atoms with Crippen LogP contribution in [0.2, 0.25) is 0 Å². The lowest BCUT2D eigenvalue weighted by Crippen LogP contribution is -2.39. The maximum atomic E-state index is 13.3. The molecule has 1 atom stereocenters. The third-order valence-corrected chi connectivity index (χ3v) is 8.42. The van der Waals surface area contributed by atoms with Gasteiger partial charge in [-0.15, -0.1) is 10.2 Å². The number of benzene rings is 2. The van der Waals surface area contributed by atoms with E-state index in [0.29, 0.717) is 35.1 Å². The van der Waals surface area contributed by atoms with Crippen LogP contribution in [-0.2, 0) is 16.4 Å². The van der Waals surface area contributed by atoms with Gasteiger partial charge in [-0.2, -0.15) is 4.31 Å². The van der Waals surface area contributed by atoms with Crippen LogP contribution in [0.4, 0.5) is 5.69 Å². The molecule has 1 amide bonds. The van der Waals surface area contributed by atoms with Crippen LogP contribution >= 0.6 is 11.3 Å². The molecular weight excluding hydrogens is 432 g/mol. The number of aryl methyl sites for hydroxylation is 1. The first-order valence-electron chi connectivity index (χ1n) is 10.3. The Bertz CT molecular complexity index is 1160. The van der Waals surface area contributed by atoms with Crippen molar-refractivity contribution in [3.63, 3.8) is 0 Å². The minimum Gasteiger partial charge on any atom is -0.320 e. The number of anilines is 1. The number of sulfonamides is 1. The fourth-order valence-electron chi connectivity index (χ4n) is 3.75. The predicted molar refractivity (Wildman–Crippen MR) is 121 cm³/mol. The molecule has 0 radical (unpaired) electrons. The summed E-state index contributed by atoms with van der Waals surface area (Å²) in [5.74, 6) is -0.389. The number of carbonyl (C=O) groups excluding carboxylic acids is 1. The van der Waals surface area contributed by atoms with E-state index in [9.17, 15) is 13.2 Å². The summed E-state index contributed by atoms with van der Waals surface area (Å²) in [7, 11) is -3.59. The summed E-state index contributed by atoms with van der Waals surface area (Å²) in [5.41, 5.74) is 1.51. The molecule has 31 heavy (non-hydrogen) atoms. The van der Waals surface area contributed by atoms with E-state index in [1.54, 1.807) is 28.6 Å². The SMILES string of the molecule is CCc1ccccc1S(=O)(=O)N1CCCC(c2nnc(C(=O)Nc3ccccc3)s2)C1. The van der Waals surface area contributed by atoms with Crippen molar-refractivity contribution < 1.29 is 13.2 Å². The molecule has 2 heterocycles. The van der Waals surface area contributed by atoms with E-state index >= 15 is 0 Å². The Balaban J connectivity index is 1.50. The molecule has 3 aromatic rings. The van der Waals surface area contributed by atoms with Gasteiger partial charge in [0.15, 0.2) is 0 Å². The Kier molecular flexibility index (Phi) is 6.45. The van der Waals surface area contributed by atoms with Crippen LogP contribution in [0.1, 0.15) is 46.1 Å². The third kappa shape index (κ3) is 4.68. The molecule has 0 bridgehead atoms. The van der Waals surface area contributed by atoms with Crippen molar-refractivity contribution in [3.05, 3.63) is 70.2 Å². The first-order chi connectivity index (χ1) is 15.0. The molecule has 9 heteroatoms. The quantitative estimate of drug-likeness (QED) is 0.607. The standard InChI is InChI=1S/C22H24N4O3S2/c1-2-16-9-6-7-13-19(16)31(28,29)26-14-8-10-17(15-26)21-24-25-22(30-21)20(27)23-18-11-4-3-5-12-18/h3-7,9,11-13,17H,2,8,10,14-15H2,1H3,(H,23,27). The first kappa shape index (κ1) is 21.6. The van der Waals surface area contributed by atoms with Gasteiger partial charge in [0, 0.05) is 24.7 Å². The van der Waals surface area contributed by atoms with Gasteiger partial charge in [0.25, 0.3) is 5.91 Å². The normalized spacial score (nSPS) is 17.4. The van der Waals surface area contributed by atoms with Gasteiger partial charge in [-0.05, 0) is 43.0 Å². The molecule has 4 rings (SSSR count). The van der Waals surface area contributed by atoms with E-state index in [0.717, 1.165) is 18.4 Å². The largest absolute Gasteiger partial charge is 0.320 e. The molecule has 7 nitrogen and oxygen atoms in total. The minimum absolute atomic E-state index is 0.0758. The minimum atomic E-state index is -3.59. The summed E-state index contributed by atoms with van der Waals surface area (Å²) < 4.78 is 28.1. The molecule has 1 unspecified atom stereocenters. The molecule has 1 fully saturated rings. The van der Waals surface area contributed by atoms with Crippen LogP contribution in [0.25, 0.3) is 0 Å². The summed E-state index contributed by atoms with van der Waals surface area (Å²) in [5, 5.41) is 12.0. The third-order valence-electron chi connectivity index (χ3n) is 5.37. The number of rotatable bonds is 6. The molecule has 1 aliphatic rings. The van der Waals surface area contributed by atoms with Crippen LogP contribution in [0.15, 0.2) is 59.5 Å². The monoisotopic (exact) mass is 456 g/mol. The molecule has 0 spiro atoms. The number of amides is 1. The number of hydrogen-bond acceptors (Lipinski definition) is 6. The van der Waals surface area contributed by atoms with Gasteiger partial charge in [-0.3, -0.25) is 4.79 Å². The number of nitrogens with one attached hydrogen (secondary N) is 1. The fourth-order valence-corrected chi connectivity index (χ4v) is 6.43. The zero-order chi connectivity index (χ0) is 21.8. The molecular formula is C22H24N4O3S2. The highest BCUT2D eigenvalue weighted by atomic mass is 32.2. The topological polar surface area (TPSA) is 92.3 Å². The van der Waals surface area contributed by atoms with E-state index in [1.165, 1.54) is 11.3 Å². The van der Waals surface area contributed by atoms with E-state index in [4.69, 9.17) is 0 Å². The maximum absolute atomic E-state index is 13.3. The highest BCUT2D eigenvalue weighted by Gasteiger charge is 2.33. The average molecular weight is 457 g/mol. The van der Waals surface area contributed by atoms with E-state index in [1.807, 2.05) is 37.3 Å². The van der Waals surface area contributed by atoms with Gasteiger partial charge in [0.1, 0.15) is 5.01 Å². The van der Waals surface area contributed by atoms with Crippen LogP contribution in [0.5, 0.6) is 0 Å². The zero-order valence-electron chi connectivity index (χ0n) is 17.2. The summed E-state index contributed by atoms with van der Waals surface area (Å²) in [4.78, 5) is 12.9. The smallest absolute Gasteiger partial charge is 0.286 e. The summed E-state index contributed by atoms with van der Waals surface area (Å²) in [6.45, 7) is 2.78. The second-order valence-electron chi connectivity index (χ2n) is 7.43. The Morgan fingerprint density at radius 3 is 2.65 bits per heavy atom. The van der Waals surface area contributed by atoms with Gasteiger partial charge >= 0.3 is 0 Å². The predicted octanol–water partition coefficient (Wildman–Crippen LogP) is 3.92. The molecule has 0 aliphatic carbocycles. The molecule has 1 N–H and O–H groups in total. The Labute approximate surface area is 186 Å². The van der Waals surface area contributed by atoms with Crippen LogP contribution in [0.3, 0.4) is 0 Å². The summed E-state index contributed by atoms with van der Waals surface area (Å²) in [6, 6.07) is 16.3. The van der Waals surface area contributed by atoms with Gasteiger partial charge in [-0.25, -0.2) is 8.42 Å². The van der Waals surface area contributed by atoms with Crippen molar-refractivity contribution in [3.8, 4) is 0 Å². The van der Waals surface area contributed by atoms with Crippen LogP contribution < -0.4 is 5.32 Å². The number of carbonyl (C=O) groups is 1. The van der Waals surface area contributed by atoms with E-state index in [2.05, 4.69) is 15.5 Å². The summed E-state index contributed by atoms with van der Waals surface area (Å²) in [6.07, 6.45) is 2.21. The fraction of sp³-hybridized carbons (Fsp3) is 0.318. The van der Waals surface area contributed by atoms with Gasteiger partial charge < -0.3 is 5.32 Å². The number of piperidine rings is 1. The zero-order valence-corrected chi connectivity index (χ0v) is 18.8.